The summed E-state index contributed by atoms with van der Waals surface area (Å²) in [6.45, 7) is -0.0410. The fraction of sp³-hybridized carbons (Fsp3) is 0.100. The van der Waals surface area contributed by atoms with E-state index in [2.05, 4.69) is 10.1 Å². The molecule has 0 saturated carbocycles. The zero-order valence-electron chi connectivity index (χ0n) is 14.9. The highest BCUT2D eigenvalue weighted by molar-refractivity contribution is 7.16. The molecule has 4 rings (SSSR count). The molecule has 1 amide bonds. The van der Waals surface area contributed by atoms with Gasteiger partial charge in [-0.15, -0.1) is 0 Å². The summed E-state index contributed by atoms with van der Waals surface area (Å²) >= 11 is 1.31. The molecular formula is C20H15N3O4S. The fourth-order valence-electron chi connectivity index (χ4n) is 2.71. The monoisotopic (exact) mass is 393 g/mol. The summed E-state index contributed by atoms with van der Waals surface area (Å²) in [4.78, 5) is 29.0. The lowest BCUT2D eigenvalue weighted by atomic mass is 10.1. The number of methoxy groups -OCH3 is 1. The van der Waals surface area contributed by atoms with Crippen LogP contribution in [-0.4, -0.2) is 28.7 Å². The maximum Gasteiger partial charge on any atom is 0.325 e. The Morgan fingerprint density at radius 1 is 1.14 bits per heavy atom. The molecule has 0 N–H and O–H groups in total. The molecule has 140 valence electrons. The Kier molecular flexibility index (Phi) is 4.86. The predicted molar refractivity (Wildman–Crippen MR) is 104 cm³/mol. The second-order valence-corrected chi connectivity index (χ2v) is 6.88. The Morgan fingerprint density at radius 2 is 1.89 bits per heavy atom. The van der Waals surface area contributed by atoms with Crippen LogP contribution in [-0.2, 0) is 16.1 Å². The molecule has 0 bridgehead atoms. The Balaban J connectivity index is 1.73. The Bertz CT molecular complexity index is 1220. The molecule has 2 aromatic carbocycles. The summed E-state index contributed by atoms with van der Waals surface area (Å²) in [5, 5.41) is 3.83. The van der Waals surface area contributed by atoms with Crippen LogP contribution in [0.25, 0.3) is 21.5 Å². The predicted octanol–water partition coefficient (Wildman–Crippen LogP) is 3.27. The van der Waals surface area contributed by atoms with E-state index in [-0.39, 0.29) is 12.2 Å². The third-order valence-electron chi connectivity index (χ3n) is 4.09. The smallest absolute Gasteiger partial charge is 0.325 e. The molecule has 7 nitrogen and oxygen atoms in total. The van der Waals surface area contributed by atoms with Crippen LogP contribution in [0, 0.1) is 0 Å². The van der Waals surface area contributed by atoms with Crippen LogP contribution in [0.5, 0.6) is 0 Å². The molecule has 2 heterocycles. The molecular weight excluding hydrogens is 378 g/mol. The molecule has 0 spiro atoms. The number of nitrogens with zero attached hydrogens (tertiary/aromatic N) is 3. The van der Waals surface area contributed by atoms with Crippen molar-refractivity contribution in [2.45, 2.75) is 6.54 Å². The second kappa shape index (κ2) is 7.61. The number of hydrogen-bond donors (Lipinski definition) is 0. The van der Waals surface area contributed by atoms with Gasteiger partial charge in [-0.05, 0) is 12.1 Å². The minimum atomic E-state index is -0.545. The van der Waals surface area contributed by atoms with E-state index in [1.54, 1.807) is 10.6 Å². The summed E-state index contributed by atoms with van der Waals surface area (Å²) in [7, 11) is 1.32. The number of amides is 1. The zero-order valence-corrected chi connectivity index (χ0v) is 15.7. The van der Waals surface area contributed by atoms with Gasteiger partial charge >= 0.3 is 11.9 Å². The van der Waals surface area contributed by atoms with E-state index >= 15 is 0 Å². The number of carbonyl (C=O) groups is 2. The Hall–Kier alpha value is -3.52. The van der Waals surface area contributed by atoms with E-state index in [1.165, 1.54) is 18.4 Å². The van der Waals surface area contributed by atoms with Crippen molar-refractivity contribution in [2.24, 2.45) is 4.99 Å². The summed E-state index contributed by atoms with van der Waals surface area (Å²) in [6.07, 6.45) is 0. The first-order chi connectivity index (χ1) is 13.7. The number of aromatic nitrogens is 2. The first-order valence-electron chi connectivity index (χ1n) is 8.42. The fourth-order valence-corrected chi connectivity index (χ4v) is 3.74. The SMILES string of the molecule is COC(=O)Cn1c(=NC(=O)c2cc(-c3ccccc3)on2)sc2ccccc21. The quantitative estimate of drug-likeness (QED) is 0.497. The van der Waals surface area contributed by atoms with Crippen molar-refractivity contribution in [1.82, 2.24) is 9.72 Å². The molecule has 0 saturated heterocycles. The van der Waals surface area contributed by atoms with Gasteiger partial charge in [-0.1, -0.05) is 59.0 Å². The van der Waals surface area contributed by atoms with E-state index in [9.17, 15) is 9.59 Å². The van der Waals surface area contributed by atoms with Gasteiger partial charge in [0.15, 0.2) is 16.3 Å². The highest BCUT2D eigenvalue weighted by atomic mass is 32.1. The van der Waals surface area contributed by atoms with Crippen molar-refractivity contribution < 1.29 is 18.8 Å². The summed E-state index contributed by atoms with van der Waals surface area (Å²) in [6, 6.07) is 18.4. The lowest BCUT2D eigenvalue weighted by Crippen LogP contribution is -2.22. The van der Waals surface area contributed by atoms with E-state index < -0.39 is 11.9 Å². The molecule has 28 heavy (non-hydrogen) atoms. The first-order valence-corrected chi connectivity index (χ1v) is 9.24. The third-order valence-corrected chi connectivity index (χ3v) is 5.15. The van der Waals surface area contributed by atoms with E-state index in [4.69, 9.17) is 9.26 Å². The topological polar surface area (TPSA) is 86.7 Å². The largest absolute Gasteiger partial charge is 0.468 e. The van der Waals surface area contributed by atoms with Gasteiger partial charge in [-0.2, -0.15) is 4.99 Å². The molecule has 0 aliphatic carbocycles. The van der Waals surface area contributed by atoms with Crippen LogP contribution in [0.1, 0.15) is 10.5 Å². The van der Waals surface area contributed by atoms with Crippen LogP contribution >= 0.6 is 11.3 Å². The molecule has 4 aromatic rings. The highest BCUT2D eigenvalue weighted by Gasteiger charge is 2.15. The summed E-state index contributed by atoms with van der Waals surface area (Å²) in [5.74, 6) is -0.487. The number of carbonyl (C=O) groups excluding carboxylic acids is 2. The molecule has 0 aliphatic heterocycles. The van der Waals surface area contributed by atoms with Gasteiger partial charge in [0, 0.05) is 11.6 Å². The van der Waals surface area contributed by atoms with Crippen molar-refractivity contribution in [3.63, 3.8) is 0 Å². The number of ether oxygens (including phenoxy) is 1. The van der Waals surface area contributed by atoms with Gasteiger partial charge in [0.25, 0.3) is 0 Å². The molecule has 0 atom stereocenters. The van der Waals surface area contributed by atoms with Crippen LogP contribution < -0.4 is 4.80 Å². The lowest BCUT2D eigenvalue weighted by Gasteiger charge is -2.02. The van der Waals surface area contributed by atoms with Gasteiger partial charge in [-0.25, -0.2) is 0 Å². The van der Waals surface area contributed by atoms with E-state index in [0.29, 0.717) is 10.6 Å². The third kappa shape index (κ3) is 3.49. The van der Waals surface area contributed by atoms with Crippen LogP contribution in [0.3, 0.4) is 0 Å². The second-order valence-electron chi connectivity index (χ2n) is 5.87. The van der Waals surface area contributed by atoms with Gasteiger partial charge in [-0.3, -0.25) is 9.59 Å². The van der Waals surface area contributed by atoms with Crippen LogP contribution in [0.4, 0.5) is 0 Å². The normalized spacial score (nSPS) is 11.7. The van der Waals surface area contributed by atoms with Gasteiger partial charge in [0.2, 0.25) is 0 Å². The molecule has 8 heteroatoms. The maximum atomic E-state index is 12.6. The summed E-state index contributed by atoms with van der Waals surface area (Å²) < 4.78 is 12.6. The average molecular weight is 393 g/mol. The molecule has 0 unspecified atom stereocenters. The average Bonchev–Trinajstić information content (AvgIpc) is 3.34. The van der Waals surface area contributed by atoms with Crippen molar-refractivity contribution in [2.75, 3.05) is 7.11 Å². The van der Waals surface area contributed by atoms with Crippen LogP contribution in [0.2, 0.25) is 0 Å². The van der Waals surface area contributed by atoms with Gasteiger partial charge in [0.1, 0.15) is 6.54 Å². The molecule has 2 aromatic heterocycles. The Morgan fingerprint density at radius 3 is 2.68 bits per heavy atom. The number of para-hydroxylation sites is 1. The highest BCUT2D eigenvalue weighted by Crippen LogP contribution is 2.20. The first kappa shape index (κ1) is 17.9. The Labute approximate surface area is 163 Å². The van der Waals surface area contributed by atoms with Crippen molar-refractivity contribution in [3.05, 3.63) is 71.2 Å². The van der Waals surface area contributed by atoms with E-state index in [1.807, 2.05) is 54.6 Å². The van der Waals surface area contributed by atoms with Crippen molar-refractivity contribution >= 4 is 33.4 Å². The number of hydrogen-bond acceptors (Lipinski definition) is 6. The van der Waals surface area contributed by atoms with Gasteiger partial charge in [0.05, 0.1) is 17.3 Å². The molecule has 0 aliphatic rings. The maximum absolute atomic E-state index is 12.6. The standard InChI is InChI=1S/C20H15N3O4S/c1-26-18(24)12-23-15-9-5-6-10-17(15)28-20(23)21-19(25)14-11-16(27-22-14)13-7-3-2-4-8-13/h2-11H,12H2,1H3. The van der Waals surface area contributed by atoms with Gasteiger partial charge < -0.3 is 13.8 Å². The van der Waals surface area contributed by atoms with Crippen molar-refractivity contribution in [3.8, 4) is 11.3 Å². The van der Waals surface area contributed by atoms with Crippen molar-refractivity contribution in [1.29, 1.82) is 0 Å². The number of benzene rings is 2. The molecule has 0 fully saturated rings. The number of thiazole rings is 1. The van der Waals surface area contributed by atoms with E-state index in [0.717, 1.165) is 15.8 Å². The minimum Gasteiger partial charge on any atom is -0.468 e. The van der Waals surface area contributed by atoms with Crippen LogP contribution in [0.15, 0.2) is 70.2 Å². The minimum absolute atomic E-state index is 0.0410. The number of rotatable bonds is 4. The molecule has 0 radical (unpaired) electrons. The number of esters is 1. The lowest BCUT2D eigenvalue weighted by molar-refractivity contribution is -0.141. The zero-order chi connectivity index (χ0) is 19.5. The number of fused-ring (bicyclic) bond motifs is 1. The summed E-state index contributed by atoms with van der Waals surface area (Å²) in [5.41, 5.74) is 1.71.